The fourth-order valence-electron chi connectivity index (χ4n) is 9.83. The van der Waals surface area contributed by atoms with E-state index in [0.29, 0.717) is 17.6 Å². The summed E-state index contributed by atoms with van der Waals surface area (Å²) < 4.78 is 13.7. The fraction of sp³-hybridized carbons (Fsp3) is 0. The average Bonchev–Trinajstić information content (AvgIpc) is 4.08. The molecular formula is C55H31N5OS. The molecule has 0 unspecified atom stereocenters. The first kappa shape index (κ1) is 33.7. The molecule has 0 aliphatic carbocycles. The van der Waals surface area contributed by atoms with Crippen LogP contribution >= 0.6 is 11.3 Å². The number of hydrogen-bond donors (Lipinski definition) is 0. The van der Waals surface area contributed by atoms with Crippen molar-refractivity contribution in [2.24, 2.45) is 0 Å². The van der Waals surface area contributed by atoms with Gasteiger partial charge in [0.2, 0.25) is 5.95 Å². The second-order valence-electron chi connectivity index (χ2n) is 16.0. The summed E-state index contributed by atoms with van der Waals surface area (Å²) >= 11 is 1.78. The topological polar surface area (TPSA) is 61.7 Å². The summed E-state index contributed by atoms with van der Waals surface area (Å²) in [5.74, 6) is 1.72. The Balaban J connectivity index is 1.11. The van der Waals surface area contributed by atoms with Gasteiger partial charge < -0.3 is 8.98 Å². The van der Waals surface area contributed by atoms with Gasteiger partial charge in [0.25, 0.3) is 0 Å². The second-order valence-corrected chi connectivity index (χ2v) is 17.0. The van der Waals surface area contributed by atoms with Crippen LogP contribution in [0.4, 0.5) is 0 Å². The van der Waals surface area contributed by atoms with E-state index in [-0.39, 0.29) is 0 Å². The first-order chi connectivity index (χ1) is 30.7. The second kappa shape index (κ2) is 12.7. The molecule has 0 atom stereocenters. The van der Waals surface area contributed by atoms with Gasteiger partial charge in [0.05, 0.1) is 33.1 Å². The van der Waals surface area contributed by atoms with Crippen molar-refractivity contribution in [2.75, 3.05) is 0 Å². The van der Waals surface area contributed by atoms with Crippen LogP contribution in [-0.4, -0.2) is 24.1 Å². The van der Waals surface area contributed by atoms with Gasteiger partial charge in [-0.1, -0.05) is 127 Å². The number of fused-ring (bicyclic) bond motifs is 13. The fourth-order valence-corrected chi connectivity index (χ4v) is 11.0. The molecule has 0 saturated carbocycles. The Morgan fingerprint density at radius 1 is 0.403 bits per heavy atom. The number of hydrogen-bond acceptors (Lipinski definition) is 5. The van der Waals surface area contributed by atoms with Gasteiger partial charge >= 0.3 is 0 Å². The molecule has 6 nitrogen and oxygen atoms in total. The van der Waals surface area contributed by atoms with Gasteiger partial charge in [-0.25, -0.2) is 4.98 Å². The van der Waals surface area contributed by atoms with Crippen LogP contribution in [0.5, 0.6) is 0 Å². The highest BCUT2D eigenvalue weighted by Crippen LogP contribution is 2.43. The zero-order valence-electron chi connectivity index (χ0n) is 33.0. The molecule has 0 amide bonds. The smallest absolute Gasteiger partial charge is 0.238 e. The van der Waals surface area contributed by atoms with Crippen molar-refractivity contribution < 1.29 is 4.42 Å². The van der Waals surface area contributed by atoms with Crippen LogP contribution in [0.3, 0.4) is 0 Å². The number of nitrogens with zero attached hydrogens (tertiary/aromatic N) is 5. The third kappa shape index (κ3) is 4.76. The predicted molar refractivity (Wildman–Crippen MR) is 257 cm³/mol. The lowest BCUT2D eigenvalue weighted by atomic mass is 10.1. The molecule has 14 aromatic rings. The molecule has 62 heavy (non-hydrogen) atoms. The maximum atomic E-state index is 6.78. The van der Waals surface area contributed by atoms with Crippen LogP contribution < -0.4 is 0 Å². The van der Waals surface area contributed by atoms with Gasteiger partial charge in [-0.15, -0.1) is 11.3 Å². The van der Waals surface area contributed by atoms with Gasteiger partial charge in [-0.05, 0) is 71.4 Å². The van der Waals surface area contributed by atoms with E-state index in [9.17, 15) is 0 Å². The molecule has 0 bridgehead atoms. The van der Waals surface area contributed by atoms with Crippen molar-refractivity contribution in [1.82, 2.24) is 24.1 Å². The van der Waals surface area contributed by atoms with Gasteiger partial charge in [-0.3, -0.25) is 4.57 Å². The van der Waals surface area contributed by atoms with E-state index in [1.807, 2.05) is 12.1 Å². The summed E-state index contributed by atoms with van der Waals surface area (Å²) in [6.07, 6.45) is 0. The zero-order chi connectivity index (χ0) is 40.5. The first-order valence-corrected chi connectivity index (χ1v) is 21.6. The lowest BCUT2D eigenvalue weighted by molar-refractivity contribution is 0.669. The number of thiophene rings is 1. The molecule has 288 valence electrons. The summed E-state index contributed by atoms with van der Waals surface area (Å²) in [4.78, 5) is 16.3. The van der Waals surface area contributed by atoms with E-state index in [1.165, 1.54) is 37.0 Å². The Labute approximate surface area is 357 Å². The lowest BCUT2D eigenvalue weighted by Gasteiger charge is -2.14. The maximum Gasteiger partial charge on any atom is 0.238 e. The Bertz CT molecular complexity index is 4130. The molecule has 0 aliphatic rings. The number of benzene rings is 9. The Hall–Kier alpha value is -8.13. The van der Waals surface area contributed by atoms with Gasteiger partial charge in [0.1, 0.15) is 11.2 Å². The summed E-state index contributed by atoms with van der Waals surface area (Å²) in [5, 5.41) is 11.6. The molecule has 9 aromatic carbocycles. The largest absolute Gasteiger partial charge is 0.456 e. The maximum absolute atomic E-state index is 6.78. The molecule has 0 fully saturated rings. The van der Waals surface area contributed by atoms with E-state index in [1.54, 1.807) is 11.3 Å². The minimum atomic E-state index is 0.551. The summed E-state index contributed by atoms with van der Waals surface area (Å²) in [6.45, 7) is 0. The highest BCUT2D eigenvalue weighted by molar-refractivity contribution is 7.26. The van der Waals surface area contributed by atoms with Crippen molar-refractivity contribution in [2.45, 2.75) is 0 Å². The Morgan fingerprint density at radius 2 is 1.00 bits per heavy atom. The van der Waals surface area contributed by atoms with Crippen molar-refractivity contribution in [3.63, 3.8) is 0 Å². The number of para-hydroxylation sites is 4. The Kier molecular flexibility index (Phi) is 6.89. The third-order valence-electron chi connectivity index (χ3n) is 12.5. The molecule has 0 aliphatic heterocycles. The molecule has 14 rings (SSSR count). The average molecular weight is 810 g/mol. The number of aromatic nitrogens is 5. The van der Waals surface area contributed by atoms with E-state index < -0.39 is 0 Å². The molecule has 7 heteroatoms. The van der Waals surface area contributed by atoms with Gasteiger partial charge in [0.15, 0.2) is 11.6 Å². The van der Waals surface area contributed by atoms with E-state index in [0.717, 1.165) is 76.3 Å². The normalized spacial score (nSPS) is 12.2. The predicted octanol–water partition coefficient (Wildman–Crippen LogP) is 14.8. The molecule has 5 heterocycles. The van der Waals surface area contributed by atoms with Gasteiger partial charge in [0, 0.05) is 58.2 Å². The molecule has 0 saturated heterocycles. The van der Waals surface area contributed by atoms with Crippen LogP contribution in [-0.2, 0) is 0 Å². The molecule has 0 radical (unpaired) electrons. The molecule has 5 aromatic heterocycles. The van der Waals surface area contributed by atoms with E-state index in [4.69, 9.17) is 19.4 Å². The van der Waals surface area contributed by atoms with Crippen LogP contribution in [0.2, 0.25) is 0 Å². The van der Waals surface area contributed by atoms with Crippen LogP contribution in [0.15, 0.2) is 192 Å². The third-order valence-corrected chi connectivity index (χ3v) is 13.8. The highest BCUT2D eigenvalue weighted by Gasteiger charge is 2.24. The Morgan fingerprint density at radius 3 is 1.77 bits per heavy atom. The van der Waals surface area contributed by atoms with Crippen molar-refractivity contribution >= 4 is 108 Å². The standard InChI is InChI=1S/C55H31N5OS/c1-2-15-33-29-46-42(28-32(33)14-1)37-18-5-8-23-43(37)59(46)47-30-34(31-49-51(47)40-20-6-11-26-48(40)61-49)53-56-54(41-22-13-21-39-38-19-7-12-27-50(38)62-52(39)41)58-55(57-53)60-44-24-9-3-16-35(44)36-17-4-10-25-45(36)60/h1-31H. The number of furan rings is 1. The SMILES string of the molecule is c1ccc2cc3c(cc2c1)c1ccccc1n3-c1cc(-c2nc(-c3cccc4c3sc3ccccc34)nc(-n3c4ccccc4c4ccccc43)n2)cc2oc3ccccc3c12. The monoisotopic (exact) mass is 809 g/mol. The first-order valence-electron chi connectivity index (χ1n) is 20.8. The van der Waals surface area contributed by atoms with Crippen molar-refractivity contribution in [3.05, 3.63) is 188 Å². The van der Waals surface area contributed by atoms with Crippen LogP contribution in [0.25, 0.3) is 131 Å². The highest BCUT2D eigenvalue weighted by atomic mass is 32.1. The van der Waals surface area contributed by atoms with Crippen molar-refractivity contribution in [3.8, 4) is 34.4 Å². The minimum absolute atomic E-state index is 0.551. The minimum Gasteiger partial charge on any atom is -0.456 e. The summed E-state index contributed by atoms with van der Waals surface area (Å²) in [7, 11) is 0. The van der Waals surface area contributed by atoms with E-state index in [2.05, 4.69) is 185 Å². The molecule has 0 N–H and O–H groups in total. The lowest BCUT2D eigenvalue weighted by Crippen LogP contribution is -2.07. The summed E-state index contributed by atoms with van der Waals surface area (Å²) in [5.41, 5.74) is 8.67. The van der Waals surface area contributed by atoms with Crippen LogP contribution in [0, 0.1) is 0 Å². The van der Waals surface area contributed by atoms with E-state index >= 15 is 0 Å². The molecular weight excluding hydrogens is 779 g/mol. The van der Waals surface area contributed by atoms with Gasteiger partial charge in [-0.2, -0.15) is 9.97 Å². The number of rotatable bonds is 4. The summed E-state index contributed by atoms with van der Waals surface area (Å²) in [6, 6.07) is 66.6. The zero-order valence-corrected chi connectivity index (χ0v) is 33.8. The quantitative estimate of drug-likeness (QED) is 0.178. The van der Waals surface area contributed by atoms with Crippen LogP contribution in [0.1, 0.15) is 0 Å². The van der Waals surface area contributed by atoms with Crippen molar-refractivity contribution in [1.29, 1.82) is 0 Å². The molecule has 0 spiro atoms.